The second kappa shape index (κ2) is 4.41. The van der Waals surface area contributed by atoms with Crippen molar-refractivity contribution in [3.63, 3.8) is 0 Å². The highest BCUT2D eigenvalue weighted by atomic mass is 16.4. The zero-order valence-corrected chi connectivity index (χ0v) is 9.99. The maximum atomic E-state index is 5.67. The van der Waals surface area contributed by atoms with E-state index >= 15 is 0 Å². The monoisotopic (exact) mass is 224 g/mol. The summed E-state index contributed by atoms with van der Waals surface area (Å²) >= 11 is 0. The van der Waals surface area contributed by atoms with Gasteiger partial charge in [0, 0.05) is 5.54 Å². The number of nitrogens with zero attached hydrogens (tertiary/aromatic N) is 2. The number of hydrogen-bond acceptors (Lipinski definition) is 5. The van der Waals surface area contributed by atoms with E-state index in [2.05, 4.69) is 22.4 Å². The summed E-state index contributed by atoms with van der Waals surface area (Å²) in [6, 6.07) is 0.291. The molecule has 1 unspecified atom stereocenters. The Morgan fingerprint density at radius 1 is 1.31 bits per heavy atom. The van der Waals surface area contributed by atoms with Crippen LogP contribution in [-0.2, 0) is 0 Å². The van der Waals surface area contributed by atoms with Gasteiger partial charge in [-0.15, -0.1) is 5.10 Å². The second-order valence-electron chi connectivity index (χ2n) is 4.98. The highest BCUT2D eigenvalue weighted by Crippen LogP contribution is 2.30. The minimum absolute atomic E-state index is 0.0971. The highest BCUT2D eigenvalue weighted by molar-refractivity contribution is 5.24. The van der Waals surface area contributed by atoms with Crippen molar-refractivity contribution in [2.45, 2.75) is 57.5 Å². The van der Waals surface area contributed by atoms with Crippen LogP contribution in [0.1, 0.15) is 57.9 Å². The van der Waals surface area contributed by atoms with Crippen LogP contribution in [0.5, 0.6) is 0 Å². The molecule has 3 N–H and O–H groups in total. The standard InChI is InChI=1S/C11H20N4O/c1-8(12)9-14-15-10(16-9)13-11(2)6-4-3-5-7-11/h8H,3-7,12H2,1-2H3,(H,13,15). The average Bonchev–Trinajstić information content (AvgIpc) is 2.66. The van der Waals surface area contributed by atoms with Gasteiger partial charge in [0.25, 0.3) is 0 Å². The van der Waals surface area contributed by atoms with Crippen molar-refractivity contribution in [1.82, 2.24) is 10.2 Å². The fourth-order valence-corrected chi connectivity index (χ4v) is 2.18. The molecular formula is C11H20N4O. The molecule has 0 bridgehead atoms. The van der Waals surface area contributed by atoms with Crippen molar-refractivity contribution in [1.29, 1.82) is 0 Å². The molecule has 1 aromatic heterocycles. The summed E-state index contributed by atoms with van der Waals surface area (Å²) in [5.74, 6) is 0.488. The molecule has 1 saturated carbocycles. The molecule has 0 aromatic carbocycles. The van der Waals surface area contributed by atoms with E-state index in [0.717, 1.165) is 12.8 Å². The maximum absolute atomic E-state index is 5.67. The third-order valence-corrected chi connectivity index (χ3v) is 3.20. The molecular weight excluding hydrogens is 204 g/mol. The van der Waals surface area contributed by atoms with Crippen LogP contribution in [0.3, 0.4) is 0 Å². The van der Waals surface area contributed by atoms with Crippen LogP contribution in [-0.4, -0.2) is 15.7 Å². The lowest BCUT2D eigenvalue weighted by atomic mass is 9.83. The van der Waals surface area contributed by atoms with Gasteiger partial charge in [0.05, 0.1) is 6.04 Å². The van der Waals surface area contributed by atoms with Crippen molar-refractivity contribution >= 4 is 6.01 Å². The normalized spacial score (nSPS) is 21.7. The lowest BCUT2D eigenvalue weighted by Gasteiger charge is -2.33. The Balaban J connectivity index is 2.02. The minimum Gasteiger partial charge on any atom is -0.406 e. The summed E-state index contributed by atoms with van der Waals surface area (Å²) in [6.07, 6.45) is 6.16. The molecule has 5 nitrogen and oxygen atoms in total. The van der Waals surface area contributed by atoms with Gasteiger partial charge >= 0.3 is 6.01 Å². The zero-order valence-electron chi connectivity index (χ0n) is 9.99. The summed E-state index contributed by atoms with van der Waals surface area (Å²) in [6.45, 7) is 4.04. The molecule has 2 rings (SSSR count). The van der Waals surface area contributed by atoms with Gasteiger partial charge in [0.15, 0.2) is 0 Å². The highest BCUT2D eigenvalue weighted by Gasteiger charge is 2.28. The van der Waals surface area contributed by atoms with Crippen LogP contribution in [0.4, 0.5) is 6.01 Å². The smallest absolute Gasteiger partial charge is 0.315 e. The van der Waals surface area contributed by atoms with E-state index in [0.29, 0.717) is 11.9 Å². The molecule has 1 aliphatic carbocycles. The van der Waals surface area contributed by atoms with Crippen LogP contribution in [0.2, 0.25) is 0 Å². The largest absolute Gasteiger partial charge is 0.406 e. The van der Waals surface area contributed by atoms with Gasteiger partial charge in [0.1, 0.15) is 0 Å². The molecule has 1 aromatic rings. The van der Waals surface area contributed by atoms with Gasteiger partial charge in [0.2, 0.25) is 5.89 Å². The van der Waals surface area contributed by atoms with E-state index in [-0.39, 0.29) is 11.6 Å². The number of nitrogens with one attached hydrogen (secondary N) is 1. The van der Waals surface area contributed by atoms with Crippen molar-refractivity contribution in [3.8, 4) is 0 Å². The van der Waals surface area contributed by atoms with Crippen LogP contribution in [0, 0.1) is 0 Å². The molecule has 90 valence electrons. The first-order valence-corrected chi connectivity index (χ1v) is 5.96. The van der Waals surface area contributed by atoms with Gasteiger partial charge in [-0.25, -0.2) is 0 Å². The summed E-state index contributed by atoms with van der Waals surface area (Å²) in [4.78, 5) is 0. The first-order chi connectivity index (χ1) is 7.59. The van der Waals surface area contributed by atoms with Crippen molar-refractivity contribution < 1.29 is 4.42 Å². The Morgan fingerprint density at radius 2 is 2.00 bits per heavy atom. The first kappa shape index (κ1) is 11.4. The Morgan fingerprint density at radius 3 is 2.56 bits per heavy atom. The van der Waals surface area contributed by atoms with Crippen LogP contribution < -0.4 is 11.1 Å². The molecule has 5 heteroatoms. The predicted octanol–water partition coefficient (Wildman–Crippen LogP) is 2.22. The lowest BCUT2D eigenvalue weighted by molar-refractivity contribution is 0.337. The number of rotatable bonds is 3. The van der Waals surface area contributed by atoms with Crippen LogP contribution >= 0.6 is 0 Å². The zero-order chi connectivity index (χ0) is 11.6. The number of hydrogen-bond donors (Lipinski definition) is 2. The Labute approximate surface area is 95.8 Å². The van der Waals surface area contributed by atoms with Gasteiger partial charge in [-0.3, -0.25) is 0 Å². The fourth-order valence-electron chi connectivity index (χ4n) is 2.18. The first-order valence-electron chi connectivity index (χ1n) is 5.96. The second-order valence-corrected chi connectivity index (χ2v) is 4.98. The predicted molar refractivity (Wildman–Crippen MR) is 62.0 cm³/mol. The Bertz CT molecular complexity index is 342. The summed E-state index contributed by atoms with van der Waals surface area (Å²) in [5.41, 5.74) is 5.77. The summed E-state index contributed by atoms with van der Waals surface area (Å²) in [5, 5.41) is 11.2. The molecule has 16 heavy (non-hydrogen) atoms. The number of anilines is 1. The average molecular weight is 224 g/mol. The fraction of sp³-hybridized carbons (Fsp3) is 0.818. The van der Waals surface area contributed by atoms with Crippen molar-refractivity contribution in [2.24, 2.45) is 5.73 Å². The number of nitrogens with two attached hydrogens (primary N) is 1. The number of aromatic nitrogens is 2. The topological polar surface area (TPSA) is 77.0 Å². The van der Waals surface area contributed by atoms with E-state index in [1.807, 2.05) is 6.92 Å². The van der Waals surface area contributed by atoms with E-state index in [4.69, 9.17) is 10.2 Å². The lowest BCUT2D eigenvalue weighted by Crippen LogP contribution is -2.36. The van der Waals surface area contributed by atoms with Crippen LogP contribution in [0.25, 0.3) is 0 Å². The van der Waals surface area contributed by atoms with E-state index < -0.39 is 0 Å². The Hall–Kier alpha value is -1.10. The van der Waals surface area contributed by atoms with Gasteiger partial charge in [-0.05, 0) is 26.7 Å². The minimum atomic E-state index is -0.206. The van der Waals surface area contributed by atoms with E-state index in [1.54, 1.807) is 0 Å². The van der Waals surface area contributed by atoms with Gasteiger partial charge < -0.3 is 15.5 Å². The molecule has 1 aliphatic rings. The van der Waals surface area contributed by atoms with Crippen molar-refractivity contribution in [2.75, 3.05) is 5.32 Å². The molecule has 0 amide bonds. The molecule has 0 radical (unpaired) electrons. The third-order valence-electron chi connectivity index (χ3n) is 3.20. The molecule has 1 atom stereocenters. The van der Waals surface area contributed by atoms with E-state index in [9.17, 15) is 0 Å². The molecule has 0 spiro atoms. The van der Waals surface area contributed by atoms with Crippen molar-refractivity contribution in [3.05, 3.63) is 5.89 Å². The summed E-state index contributed by atoms with van der Waals surface area (Å²) < 4.78 is 5.45. The van der Waals surface area contributed by atoms with Gasteiger partial charge in [-0.1, -0.05) is 24.4 Å². The molecule has 0 saturated heterocycles. The SMILES string of the molecule is CC(N)c1nnc(NC2(C)CCCCC2)o1. The summed E-state index contributed by atoms with van der Waals surface area (Å²) in [7, 11) is 0. The van der Waals surface area contributed by atoms with Crippen LogP contribution in [0.15, 0.2) is 4.42 Å². The van der Waals surface area contributed by atoms with Gasteiger partial charge in [-0.2, -0.15) is 0 Å². The molecule has 1 fully saturated rings. The van der Waals surface area contributed by atoms with E-state index in [1.165, 1.54) is 19.3 Å². The Kier molecular flexibility index (Phi) is 3.14. The molecule has 0 aliphatic heterocycles. The third kappa shape index (κ3) is 2.52. The quantitative estimate of drug-likeness (QED) is 0.823. The molecule has 1 heterocycles. The maximum Gasteiger partial charge on any atom is 0.315 e.